The number of aromatic nitrogens is 6. The fourth-order valence-electron chi connectivity index (χ4n) is 3.72. The fourth-order valence-corrected chi connectivity index (χ4v) is 3.94. The van der Waals surface area contributed by atoms with Crippen LogP contribution in [0.2, 0.25) is 5.02 Å². The van der Waals surface area contributed by atoms with Gasteiger partial charge in [-0.2, -0.15) is 5.10 Å². The van der Waals surface area contributed by atoms with Crippen molar-refractivity contribution in [1.82, 2.24) is 34.2 Å². The first-order chi connectivity index (χ1) is 14.9. The predicted molar refractivity (Wildman–Crippen MR) is 115 cm³/mol. The van der Waals surface area contributed by atoms with Gasteiger partial charge in [0.25, 0.3) is 0 Å². The minimum Gasteiger partial charge on any atom is -0.495 e. The Kier molecular flexibility index (Phi) is 5.69. The van der Waals surface area contributed by atoms with Crippen molar-refractivity contribution < 1.29 is 13.9 Å². The molecule has 0 saturated heterocycles. The minimum atomic E-state index is -0.576. The molecular formula is C20H23ClFN7O2. The Bertz CT molecular complexity index is 1220. The molecule has 0 fully saturated rings. The predicted octanol–water partition coefficient (Wildman–Crippen LogP) is 3.20. The highest BCUT2D eigenvalue weighted by Crippen LogP contribution is 2.41. The van der Waals surface area contributed by atoms with Crippen LogP contribution in [0, 0.1) is 5.82 Å². The van der Waals surface area contributed by atoms with Crippen molar-refractivity contribution in [3.05, 3.63) is 41.5 Å². The van der Waals surface area contributed by atoms with Crippen molar-refractivity contribution in [3.63, 3.8) is 0 Å². The molecular weight excluding hydrogens is 425 g/mol. The zero-order valence-corrected chi connectivity index (χ0v) is 18.6. The number of H-pyrrole nitrogens is 1. The SMILES string of the molecule is COCC(c1nc(-c2c(-n3ccnc3)c3cc(OC)c(Cl)c(F)c3n2C)n[nH]1)N(C)C. The van der Waals surface area contributed by atoms with Gasteiger partial charge in [-0.15, -0.1) is 0 Å². The van der Waals surface area contributed by atoms with E-state index < -0.39 is 5.82 Å². The number of aromatic amines is 1. The molecule has 4 rings (SSSR count). The lowest BCUT2D eigenvalue weighted by atomic mass is 10.2. The molecule has 1 aromatic carbocycles. The van der Waals surface area contributed by atoms with E-state index in [4.69, 9.17) is 26.1 Å². The number of nitrogens with zero attached hydrogens (tertiary/aromatic N) is 6. The zero-order valence-electron chi connectivity index (χ0n) is 17.8. The van der Waals surface area contributed by atoms with Gasteiger partial charge < -0.3 is 18.6 Å². The molecule has 11 heteroatoms. The lowest BCUT2D eigenvalue weighted by molar-refractivity contribution is 0.116. The second-order valence-corrected chi connectivity index (χ2v) is 7.69. The molecule has 0 radical (unpaired) electrons. The highest BCUT2D eigenvalue weighted by Gasteiger charge is 2.27. The quantitative estimate of drug-likeness (QED) is 0.468. The molecule has 164 valence electrons. The summed E-state index contributed by atoms with van der Waals surface area (Å²) in [6.07, 6.45) is 5.06. The number of likely N-dealkylation sites (N-methyl/N-ethyl adjacent to an activating group) is 1. The van der Waals surface area contributed by atoms with E-state index in [2.05, 4.69) is 15.2 Å². The molecule has 0 aliphatic carbocycles. The summed E-state index contributed by atoms with van der Waals surface area (Å²) < 4.78 is 29.4. The van der Waals surface area contributed by atoms with Gasteiger partial charge in [0.05, 0.1) is 37.3 Å². The number of hydrogen-bond donors (Lipinski definition) is 1. The van der Waals surface area contributed by atoms with E-state index in [1.54, 1.807) is 48.1 Å². The van der Waals surface area contributed by atoms with E-state index in [0.717, 1.165) is 0 Å². The highest BCUT2D eigenvalue weighted by atomic mass is 35.5. The summed E-state index contributed by atoms with van der Waals surface area (Å²) in [6.45, 7) is 0.437. The van der Waals surface area contributed by atoms with Crippen LogP contribution in [0.5, 0.6) is 5.75 Å². The fraction of sp³-hybridized carbons (Fsp3) is 0.350. The number of benzene rings is 1. The topological polar surface area (TPSA) is 86.0 Å². The van der Waals surface area contributed by atoms with Crippen LogP contribution >= 0.6 is 11.6 Å². The highest BCUT2D eigenvalue weighted by molar-refractivity contribution is 6.33. The monoisotopic (exact) mass is 447 g/mol. The molecule has 0 spiro atoms. The molecule has 0 bridgehead atoms. The Morgan fingerprint density at radius 2 is 2.10 bits per heavy atom. The molecule has 4 aromatic rings. The van der Waals surface area contributed by atoms with Crippen molar-refractivity contribution in [2.75, 3.05) is 34.9 Å². The van der Waals surface area contributed by atoms with Gasteiger partial charge in [0, 0.05) is 31.9 Å². The van der Waals surface area contributed by atoms with Crippen LogP contribution < -0.4 is 4.74 Å². The minimum absolute atomic E-state index is 0.0808. The third-order valence-corrected chi connectivity index (χ3v) is 5.61. The van der Waals surface area contributed by atoms with E-state index in [1.165, 1.54) is 7.11 Å². The maximum absolute atomic E-state index is 15.3. The summed E-state index contributed by atoms with van der Waals surface area (Å²) in [5.41, 5.74) is 1.59. The van der Waals surface area contributed by atoms with E-state index in [0.29, 0.717) is 40.5 Å². The van der Waals surface area contributed by atoms with Crippen LogP contribution in [-0.2, 0) is 11.8 Å². The molecule has 0 aliphatic rings. The normalized spacial score (nSPS) is 12.8. The van der Waals surface area contributed by atoms with Crippen molar-refractivity contribution >= 4 is 22.5 Å². The first-order valence-electron chi connectivity index (χ1n) is 9.49. The third kappa shape index (κ3) is 3.46. The van der Waals surface area contributed by atoms with Crippen LogP contribution in [-0.4, -0.2) is 69.1 Å². The molecule has 1 unspecified atom stereocenters. The van der Waals surface area contributed by atoms with E-state index in [9.17, 15) is 0 Å². The average Bonchev–Trinajstić information content (AvgIpc) is 3.47. The number of hydrogen-bond acceptors (Lipinski definition) is 6. The van der Waals surface area contributed by atoms with Gasteiger partial charge >= 0.3 is 0 Å². The van der Waals surface area contributed by atoms with Gasteiger partial charge in [-0.25, -0.2) is 14.4 Å². The zero-order chi connectivity index (χ0) is 22.3. The summed E-state index contributed by atoms with van der Waals surface area (Å²) in [6, 6.07) is 1.59. The Morgan fingerprint density at radius 3 is 2.71 bits per heavy atom. The Balaban J connectivity index is 2.00. The lowest BCUT2D eigenvalue weighted by Gasteiger charge is -2.20. The van der Waals surface area contributed by atoms with Crippen molar-refractivity contribution in [3.8, 4) is 23.0 Å². The first-order valence-corrected chi connectivity index (χ1v) is 9.87. The molecule has 0 aliphatic heterocycles. The summed E-state index contributed by atoms with van der Waals surface area (Å²) in [4.78, 5) is 10.8. The molecule has 31 heavy (non-hydrogen) atoms. The number of methoxy groups -OCH3 is 2. The number of aryl methyl sites for hydroxylation is 1. The molecule has 1 atom stereocenters. The summed E-state index contributed by atoms with van der Waals surface area (Å²) >= 11 is 6.20. The summed E-state index contributed by atoms with van der Waals surface area (Å²) in [5.74, 6) is 0.718. The molecule has 3 heterocycles. The standard InChI is InChI=1S/C20H23ClFN7O2/c1-27(2)12(9-30-4)19-24-20(26-25-19)18-17(29-7-6-23-10-29)11-8-13(31-5)14(21)15(22)16(11)28(18)3/h6-8,10,12H,9H2,1-5H3,(H,24,25,26). The van der Waals surface area contributed by atoms with Gasteiger partial charge in [-0.3, -0.25) is 10.00 Å². The van der Waals surface area contributed by atoms with Gasteiger partial charge in [-0.1, -0.05) is 11.6 Å². The maximum Gasteiger partial charge on any atom is 0.200 e. The number of fused-ring (bicyclic) bond motifs is 1. The second-order valence-electron chi connectivity index (χ2n) is 7.31. The number of halogens is 2. The molecule has 3 aromatic heterocycles. The number of imidazole rings is 1. The Hall–Kier alpha value is -2.95. The molecule has 1 N–H and O–H groups in total. The molecule has 0 saturated carbocycles. The molecule has 0 amide bonds. The van der Waals surface area contributed by atoms with Crippen molar-refractivity contribution in [2.45, 2.75) is 6.04 Å². The average molecular weight is 448 g/mol. The van der Waals surface area contributed by atoms with Gasteiger partial charge in [-0.05, 0) is 20.2 Å². The largest absolute Gasteiger partial charge is 0.495 e. The third-order valence-electron chi connectivity index (χ3n) is 5.26. The first kappa shape index (κ1) is 21.3. The summed E-state index contributed by atoms with van der Waals surface area (Å²) in [5, 5.41) is 7.95. The van der Waals surface area contributed by atoms with Gasteiger partial charge in [0.2, 0.25) is 0 Å². The molecule has 9 nitrogen and oxygen atoms in total. The maximum atomic E-state index is 15.3. The van der Waals surface area contributed by atoms with E-state index in [-0.39, 0.29) is 16.8 Å². The number of nitrogens with one attached hydrogen (secondary N) is 1. The van der Waals surface area contributed by atoms with E-state index in [1.807, 2.05) is 19.0 Å². The summed E-state index contributed by atoms with van der Waals surface area (Å²) in [7, 11) is 8.70. The number of rotatable bonds is 7. The Labute approximate surface area is 183 Å². The van der Waals surface area contributed by atoms with Crippen LogP contribution in [0.1, 0.15) is 11.9 Å². The van der Waals surface area contributed by atoms with Crippen molar-refractivity contribution in [1.29, 1.82) is 0 Å². The second kappa shape index (κ2) is 8.29. The van der Waals surface area contributed by atoms with E-state index >= 15 is 4.39 Å². The Morgan fingerprint density at radius 1 is 1.32 bits per heavy atom. The van der Waals surface area contributed by atoms with Crippen molar-refractivity contribution in [2.24, 2.45) is 7.05 Å². The van der Waals surface area contributed by atoms with Crippen LogP contribution in [0.25, 0.3) is 28.1 Å². The van der Waals surface area contributed by atoms with Gasteiger partial charge in [0.15, 0.2) is 11.6 Å². The number of ether oxygens (including phenoxy) is 2. The van der Waals surface area contributed by atoms with Crippen LogP contribution in [0.4, 0.5) is 4.39 Å². The van der Waals surface area contributed by atoms with Gasteiger partial charge in [0.1, 0.15) is 22.3 Å². The van der Waals surface area contributed by atoms with Crippen LogP contribution in [0.15, 0.2) is 24.8 Å². The lowest BCUT2D eigenvalue weighted by Crippen LogP contribution is -2.25. The van der Waals surface area contributed by atoms with Crippen LogP contribution in [0.3, 0.4) is 0 Å². The smallest absolute Gasteiger partial charge is 0.200 e.